The molecule has 1 saturated heterocycles. The summed E-state index contributed by atoms with van der Waals surface area (Å²) in [6.07, 6.45) is 4.30. The van der Waals surface area contributed by atoms with Crippen molar-refractivity contribution >= 4 is 18.9 Å². The molecule has 0 radical (unpaired) electrons. The van der Waals surface area contributed by atoms with Gasteiger partial charge >= 0.3 is 7.12 Å². The highest BCUT2D eigenvalue weighted by atomic mass is 16.7. The number of rotatable bonds is 3. The molecule has 5 nitrogen and oxygen atoms in total. The molecule has 0 aliphatic carbocycles. The Morgan fingerprint density at radius 2 is 1.67 bits per heavy atom. The molecule has 1 fully saturated rings. The summed E-state index contributed by atoms with van der Waals surface area (Å²) in [4.78, 5) is 18.6. The van der Waals surface area contributed by atoms with Gasteiger partial charge in [0.1, 0.15) is 12.1 Å². The summed E-state index contributed by atoms with van der Waals surface area (Å²) in [5, 5.41) is 0. The third kappa shape index (κ3) is 2.30. The van der Waals surface area contributed by atoms with Crippen LogP contribution < -0.4 is 5.46 Å². The maximum atomic E-state index is 10.4. The van der Waals surface area contributed by atoms with Crippen LogP contribution in [0.5, 0.6) is 0 Å². The SMILES string of the molecule is CC1(C)OB(c2cnc(CC=O)nc2)OC1(C)C. The normalized spacial score (nSPS) is 21.0. The number of carbonyl (C=O) groups excluding carboxylic acids is 1. The largest absolute Gasteiger partial charge is 0.498 e. The van der Waals surface area contributed by atoms with Crippen LogP contribution in [-0.4, -0.2) is 34.6 Å². The molecule has 0 spiro atoms. The average Bonchev–Trinajstić information content (AvgIpc) is 2.50. The van der Waals surface area contributed by atoms with Gasteiger partial charge < -0.3 is 14.1 Å². The molecule has 0 aromatic carbocycles. The molecule has 2 rings (SSSR count). The number of hydrogen-bond donors (Lipinski definition) is 0. The van der Waals surface area contributed by atoms with E-state index in [1.165, 1.54) is 0 Å². The zero-order chi connectivity index (χ0) is 13.4. The van der Waals surface area contributed by atoms with E-state index in [2.05, 4.69) is 9.97 Å². The standard InChI is InChI=1S/C12H17BN2O3/c1-11(2)12(3,4)18-13(17-11)9-7-14-10(5-6-16)15-8-9/h6-8H,5H2,1-4H3. The minimum absolute atomic E-state index is 0.226. The zero-order valence-electron chi connectivity index (χ0n) is 11.1. The molecular weight excluding hydrogens is 231 g/mol. The van der Waals surface area contributed by atoms with Crippen LogP contribution in [0, 0.1) is 0 Å². The van der Waals surface area contributed by atoms with E-state index in [0.717, 1.165) is 11.7 Å². The molecule has 0 amide bonds. The monoisotopic (exact) mass is 248 g/mol. The second kappa shape index (κ2) is 4.44. The van der Waals surface area contributed by atoms with E-state index in [9.17, 15) is 4.79 Å². The van der Waals surface area contributed by atoms with Gasteiger partial charge in [0, 0.05) is 17.9 Å². The summed E-state index contributed by atoms with van der Waals surface area (Å²) < 4.78 is 11.8. The fourth-order valence-corrected chi connectivity index (χ4v) is 1.65. The number of aromatic nitrogens is 2. The summed E-state index contributed by atoms with van der Waals surface area (Å²) in [6.45, 7) is 7.98. The molecule has 0 atom stereocenters. The summed E-state index contributed by atoms with van der Waals surface area (Å²) >= 11 is 0. The Kier molecular flexibility index (Phi) is 3.25. The van der Waals surface area contributed by atoms with Gasteiger partial charge in [-0.3, -0.25) is 0 Å². The summed E-state index contributed by atoms with van der Waals surface area (Å²) in [5.74, 6) is 0.505. The van der Waals surface area contributed by atoms with E-state index in [4.69, 9.17) is 9.31 Å². The molecule has 1 aromatic heterocycles. The Balaban J connectivity index is 2.17. The second-order valence-electron chi connectivity index (χ2n) is 5.39. The first-order chi connectivity index (χ1) is 8.36. The van der Waals surface area contributed by atoms with Gasteiger partial charge in [-0.25, -0.2) is 9.97 Å². The smallest absolute Gasteiger partial charge is 0.399 e. The zero-order valence-corrected chi connectivity index (χ0v) is 11.1. The number of carbonyl (C=O) groups is 1. The molecule has 0 N–H and O–H groups in total. The van der Waals surface area contributed by atoms with Crippen molar-refractivity contribution in [1.29, 1.82) is 0 Å². The third-order valence-corrected chi connectivity index (χ3v) is 3.52. The molecule has 0 bridgehead atoms. The van der Waals surface area contributed by atoms with Crippen LogP contribution in [0.25, 0.3) is 0 Å². The van der Waals surface area contributed by atoms with Crippen LogP contribution >= 0.6 is 0 Å². The van der Waals surface area contributed by atoms with E-state index in [1.807, 2.05) is 27.7 Å². The van der Waals surface area contributed by atoms with Gasteiger partial charge in [-0.2, -0.15) is 0 Å². The van der Waals surface area contributed by atoms with Gasteiger partial charge in [0.05, 0.1) is 17.6 Å². The lowest BCUT2D eigenvalue weighted by atomic mass is 9.81. The lowest BCUT2D eigenvalue weighted by Gasteiger charge is -2.32. The maximum absolute atomic E-state index is 10.4. The highest BCUT2D eigenvalue weighted by molar-refractivity contribution is 6.61. The lowest BCUT2D eigenvalue weighted by Crippen LogP contribution is -2.41. The molecule has 2 heterocycles. The van der Waals surface area contributed by atoms with Crippen molar-refractivity contribution in [1.82, 2.24) is 9.97 Å². The number of aldehydes is 1. The first-order valence-corrected chi connectivity index (χ1v) is 5.96. The van der Waals surface area contributed by atoms with E-state index in [0.29, 0.717) is 5.82 Å². The lowest BCUT2D eigenvalue weighted by molar-refractivity contribution is -0.107. The molecule has 1 aromatic rings. The summed E-state index contributed by atoms with van der Waals surface area (Å²) in [5.41, 5.74) is 0.0152. The van der Waals surface area contributed by atoms with Crippen LogP contribution in [0.4, 0.5) is 0 Å². The van der Waals surface area contributed by atoms with Crippen LogP contribution in [0.2, 0.25) is 0 Å². The van der Waals surface area contributed by atoms with Crippen molar-refractivity contribution in [2.45, 2.75) is 45.3 Å². The average molecular weight is 248 g/mol. The minimum atomic E-state index is -0.458. The van der Waals surface area contributed by atoms with Crippen molar-refractivity contribution < 1.29 is 14.1 Å². The van der Waals surface area contributed by atoms with E-state index in [1.54, 1.807) is 12.4 Å². The first-order valence-electron chi connectivity index (χ1n) is 5.96. The fourth-order valence-electron chi connectivity index (χ4n) is 1.65. The van der Waals surface area contributed by atoms with Crippen molar-refractivity contribution in [2.24, 2.45) is 0 Å². The predicted octanol–water partition coefficient (Wildman–Crippen LogP) is 0.517. The third-order valence-electron chi connectivity index (χ3n) is 3.52. The number of nitrogens with zero attached hydrogens (tertiary/aromatic N) is 2. The molecule has 1 aliphatic heterocycles. The quantitative estimate of drug-likeness (QED) is 0.576. The van der Waals surface area contributed by atoms with Crippen molar-refractivity contribution in [3.63, 3.8) is 0 Å². The van der Waals surface area contributed by atoms with E-state index < -0.39 is 7.12 Å². The fraction of sp³-hybridized carbons (Fsp3) is 0.583. The maximum Gasteiger partial charge on any atom is 0.498 e. The topological polar surface area (TPSA) is 61.3 Å². The van der Waals surface area contributed by atoms with E-state index >= 15 is 0 Å². The van der Waals surface area contributed by atoms with E-state index in [-0.39, 0.29) is 17.6 Å². The Morgan fingerprint density at radius 3 is 2.11 bits per heavy atom. The molecule has 0 unspecified atom stereocenters. The Hall–Kier alpha value is -1.27. The second-order valence-corrected chi connectivity index (χ2v) is 5.39. The van der Waals surface area contributed by atoms with Gasteiger partial charge in [-0.15, -0.1) is 0 Å². The van der Waals surface area contributed by atoms with Gasteiger partial charge in [0.25, 0.3) is 0 Å². The summed E-state index contributed by atoms with van der Waals surface area (Å²) in [7, 11) is -0.458. The van der Waals surface area contributed by atoms with Crippen molar-refractivity contribution in [2.75, 3.05) is 0 Å². The Morgan fingerprint density at radius 1 is 1.17 bits per heavy atom. The predicted molar refractivity (Wildman–Crippen MR) is 67.5 cm³/mol. The number of hydrogen-bond acceptors (Lipinski definition) is 5. The molecule has 18 heavy (non-hydrogen) atoms. The molecule has 6 heteroatoms. The van der Waals surface area contributed by atoms with Gasteiger partial charge in [-0.1, -0.05) is 0 Å². The van der Waals surface area contributed by atoms with Crippen LogP contribution in [0.3, 0.4) is 0 Å². The van der Waals surface area contributed by atoms with Crippen LogP contribution in [-0.2, 0) is 20.5 Å². The first kappa shape index (κ1) is 13.2. The molecule has 1 aliphatic rings. The summed E-state index contributed by atoms with van der Waals surface area (Å²) in [6, 6.07) is 0. The van der Waals surface area contributed by atoms with Gasteiger partial charge in [0.2, 0.25) is 0 Å². The minimum Gasteiger partial charge on any atom is -0.399 e. The van der Waals surface area contributed by atoms with Gasteiger partial charge in [0.15, 0.2) is 0 Å². The van der Waals surface area contributed by atoms with Gasteiger partial charge in [-0.05, 0) is 27.7 Å². The molecule has 0 saturated carbocycles. The van der Waals surface area contributed by atoms with Crippen molar-refractivity contribution in [3.05, 3.63) is 18.2 Å². The van der Waals surface area contributed by atoms with Crippen LogP contribution in [0.1, 0.15) is 33.5 Å². The highest BCUT2D eigenvalue weighted by Crippen LogP contribution is 2.36. The van der Waals surface area contributed by atoms with Crippen molar-refractivity contribution in [3.8, 4) is 0 Å². The highest BCUT2D eigenvalue weighted by Gasteiger charge is 2.51. The molecular formula is C12H17BN2O3. The Labute approximate surface area is 107 Å². The Bertz CT molecular complexity index is 429. The molecule has 96 valence electrons. The van der Waals surface area contributed by atoms with Crippen LogP contribution in [0.15, 0.2) is 12.4 Å².